The molecule has 0 aliphatic carbocycles. The lowest BCUT2D eigenvalue weighted by Gasteiger charge is -2.04. The van der Waals surface area contributed by atoms with Crippen LogP contribution < -0.4 is 10.1 Å². The fourth-order valence-electron chi connectivity index (χ4n) is 1.55. The fourth-order valence-corrected chi connectivity index (χ4v) is 1.55. The van der Waals surface area contributed by atoms with Gasteiger partial charge in [0.05, 0.1) is 0 Å². The summed E-state index contributed by atoms with van der Waals surface area (Å²) < 4.78 is 6.84. The third-order valence-electron chi connectivity index (χ3n) is 2.81. The molecule has 2 rings (SSSR count). The van der Waals surface area contributed by atoms with Gasteiger partial charge in [0.15, 0.2) is 5.82 Å². The Labute approximate surface area is 105 Å². The summed E-state index contributed by atoms with van der Waals surface area (Å²) in [4.78, 5) is 11.7. The molecule has 1 aromatic heterocycles. The van der Waals surface area contributed by atoms with Crippen LogP contribution in [0.15, 0.2) is 30.3 Å². The maximum Gasteiger partial charge on any atom is 0.418 e. The zero-order valence-electron chi connectivity index (χ0n) is 10.6. The van der Waals surface area contributed by atoms with Gasteiger partial charge in [0, 0.05) is 18.3 Å². The number of nitrogens with one attached hydrogen (secondary N) is 1. The van der Waals surface area contributed by atoms with E-state index in [0.717, 1.165) is 11.3 Å². The molecule has 0 unspecified atom stereocenters. The molecule has 18 heavy (non-hydrogen) atoms. The minimum atomic E-state index is -0.539. The van der Waals surface area contributed by atoms with E-state index in [4.69, 9.17) is 4.74 Å². The van der Waals surface area contributed by atoms with Gasteiger partial charge in [-0.15, -0.1) is 0 Å². The smallest absolute Gasteiger partial charge is 0.410 e. The normalized spacial score (nSPS) is 10.2. The Bertz CT molecular complexity index is 561. The molecule has 0 aliphatic heterocycles. The van der Waals surface area contributed by atoms with Crippen molar-refractivity contribution in [2.75, 3.05) is 5.32 Å². The van der Waals surface area contributed by atoms with Gasteiger partial charge in [0.2, 0.25) is 0 Å². The second kappa shape index (κ2) is 4.91. The third kappa shape index (κ3) is 2.51. The number of benzene rings is 1. The molecule has 0 spiro atoms. The van der Waals surface area contributed by atoms with Crippen LogP contribution in [-0.4, -0.2) is 15.9 Å². The lowest BCUT2D eigenvalue weighted by atomic mass is 10.3. The Kier molecular flexibility index (Phi) is 3.32. The number of anilines is 1. The molecule has 5 heteroatoms. The first-order valence-electron chi connectivity index (χ1n) is 5.62. The summed E-state index contributed by atoms with van der Waals surface area (Å²) in [6.45, 7) is 3.84. The van der Waals surface area contributed by atoms with Crippen molar-refractivity contribution < 1.29 is 9.53 Å². The number of ether oxygens (including phenoxy) is 1. The summed E-state index contributed by atoms with van der Waals surface area (Å²) in [6.07, 6.45) is -0.539. The van der Waals surface area contributed by atoms with E-state index in [2.05, 4.69) is 10.4 Å². The Morgan fingerprint density at radius 2 is 1.94 bits per heavy atom. The number of nitrogens with zero attached hydrogens (tertiary/aromatic N) is 2. The number of para-hydroxylation sites is 1. The predicted octanol–water partition coefficient (Wildman–Crippen LogP) is 2.65. The van der Waals surface area contributed by atoms with E-state index in [1.807, 2.05) is 27.0 Å². The van der Waals surface area contributed by atoms with Gasteiger partial charge < -0.3 is 4.74 Å². The molecule has 1 amide bonds. The van der Waals surface area contributed by atoms with Gasteiger partial charge in [0.25, 0.3) is 0 Å². The molecule has 0 radical (unpaired) electrons. The van der Waals surface area contributed by atoms with Crippen LogP contribution in [0.25, 0.3) is 0 Å². The zero-order valence-corrected chi connectivity index (χ0v) is 10.6. The average Bonchev–Trinajstić information content (AvgIpc) is 2.58. The molecule has 5 nitrogen and oxygen atoms in total. The van der Waals surface area contributed by atoms with Crippen LogP contribution in [0.1, 0.15) is 11.3 Å². The first kappa shape index (κ1) is 12.2. The second-order valence-corrected chi connectivity index (χ2v) is 4.01. The van der Waals surface area contributed by atoms with Crippen LogP contribution in [0, 0.1) is 13.8 Å². The fraction of sp³-hybridized carbons (Fsp3) is 0.231. The number of aromatic nitrogens is 2. The standard InChI is InChI=1S/C13H15N3O2/c1-9-10(2)16(3)15-12(9)14-13(17)18-11-7-5-4-6-8-11/h4-8H,1-3H3,(H,14,15,17). The van der Waals surface area contributed by atoms with Crippen molar-refractivity contribution in [3.8, 4) is 5.75 Å². The van der Waals surface area contributed by atoms with Crippen LogP contribution >= 0.6 is 0 Å². The summed E-state index contributed by atoms with van der Waals surface area (Å²) in [6, 6.07) is 8.90. The molecule has 0 bridgehead atoms. The average molecular weight is 245 g/mol. The number of carbonyl (C=O) groups is 1. The van der Waals surface area contributed by atoms with Crippen LogP contribution in [0.4, 0.5) is 10.6 Å². The number of rotatable bonds is 2. The molecule has 94 valence electrons. The van der Waals surface area contributed by atoms with Gasteiger partial charge in [-0.2, -0.15) is 5.10 Å². The first-order chi connectivity index (χ1) is 8.58. The predicted molar refractivity (Wildman–Crippen MR) is 68.8 cm³/mol. The molecule has 1 N–H and O–H groups in total. The minimum absolute atomic E-state index is 0.500. The molecule has 1 aromatic carbocycles. The Morgan fingerprint density at radius 1 is 1.28 bits per heavy atom. The van der Waals surface area contributed by atoms with E-state index in [-0.39, 0.29) is 0 Å². The van der Waals surface area contributed by atoms with Crippen LogP contribution in [0.5, 0.6) is 5.75 Å². The highest BCUT2D eigenvalue weighted by Crippen LogP contribution is 2.17. The lowest BCUT2D eigenvalue weighted by molar-refractivity contribution is 0.215. The van der Waals surface area contributed by atoms with Gasteiger partial charge >= 0.3 is 6.09 Å². The van der Waals surface area contributed by atoms with E-state index >= 15 is 0 Å². The second-order valence-electron chi connectivity index (χ2n) is 4.01. The SMILES string of the molecule is Cc1c(NC(=O)Oc2ccccc2)nn(C)c1C. The monoisotopic (exact) mass is 245 g/mol. The maximum absolute atomic E-state index is 11.7. The molecular formula is C13H15N3O2. The highest BCUT2D eigenvalue weighted by Gasteiger charge is 2.12. The van der Waals surface area contributed by atoms with E-state index in [9.17, 15) is 4.79 Å². The van der Waals surface area contributed by atoms with Crippen molar-refractivity contribution in [2.24, 2.45) is 7.05 Å². The van der Waals surface area contributed by atoms with Crippen molar-refractivity contribution in [1.29, 1.82) is 0 Å². The van der Waals surface area contributed by atoms with Crippen LogP contribution in [0.3, 0.4) is 0 Å². The number of aryl methyl sites for hydroxylation is 1. The van der Waals surface area contributed by atoms with E-state index < -0.39 is 6.09 Å². The Hall–Kier alpha value is -2.30. The zero-order chi connectivity index (χ0) is 13.1. The number of hydrogen-bond acceptors (Lipinski definition) is 3. The van der Waals surface area contributed by atoms with Gasteiger partial charge in [-0.25, -0.2) is 4.79 Å². The Balaban J connectivity index is 2.06. The quantitative estimate of drug-likeness (QED) is 0.884. The summed E-state index contributed by atoms with van der Waals surface area (Å²) in [5.41, 5.74) is 1.94. The first-order valence-corrected chi connectivity index (χ1v) is 5.62. The number of amides is 1. The molecule has 1 heterocycles. The van der Waals surface area contributed by atoms with Crippen LogP contribution in [-0.2, 0) is 7.05 Å². The minimum Gasteiger partial charge on any atom is -0.410 e. The lowest BCUT2D eigenvalue weighted by Crippen LogP contribution is -2.17. The van der Waals surface area contributed by atoms with Crippen LogP contribution in [0.2, 0.25) is 0 Å². The molecule has 0 saturated carbocycles. The molecule has 0 aliphatic rings. The van der Waals surface area contributed by atoms with Crippen molar-refractivity contribution >= 4 is 11.9 Å². The van der Waals surface area contributed by atoms with Gasteiger partial charge in [-0.05, 0) is 26.0 Å². The van der Waals surface area contributed by atoms with Gasteiger partial charge in [0.1, 0.15) is 5.75 Å². The highest BCUT2D eigenvalue weighted by atomic mass is 16.6. The summed E-state index contributed by atoms with van der Waals surface area (Å²) in [7, 11) is 1.83. The molecule has 0 fully saturated rings. The van der Waals surface area contributed by atoms with Crippen molar-refractivity contribution in [3.63, 3.8) is 0 Å². The highest BCUT2D eigenvalue weighted by molar-refractivity contribution is 5.86. The molecule has 0 saturated heterocycles. The van der Waals surface area contributed by atoms with Gasteiger partial charge in [-0.1, -0.05) is 18.2 Å². The largest absolute Gasteiger partial charge is 0.418 e. The van der Waals surface area contributed by atoms with Crippen molar-refractivity contribution in [3.05, 3.63) is 41.6 Å². The summed E-state index contributed by atoms with van der Waals surface area (Å²) >= 11 is 0. The molecular weight excluding hydrogens is 230 g/mol. The third-order valence-corrected chi connectivity index (χ3v) is 2.81. The van der Waals surface area contributed by atoms with E-state index in [0.29, 0.717) is 11.6 Å². The molecule has 0 atom stereocenters. The maximum atomic E-state index is 11.7. The summed E-state index contributed by atoms with van der Waals surface area (Å²) in [5.74, 6) is 1.02. The number of carbonyl (C=O) groups excluding carboxylic acids is 1. The topological polar surface area (TPSA) is 56.1 Å². The molecule has 2 aromatic rings. The van der Waals surface area contributed by atoms with E-state index in [1.165, 1.54) is 0 Å². The summed E-state index contributed by atoms with van der Waals surface area (Å²) in [5, 5.41) is 6.82. The van der Waals surface area contributed by atoms with Crippen molar-refractivity contribution in [2.45, 2.75) is 13.8 Å². The van der Waals surface area contributed by atoms with Gasteiger partial charge in [-0.3, -0.25) is 10.00 Å². The van der Waals surface area contributed by atoms with Crippen molar-refractivity contribution in [1.82, 2.24) is 9.78 Å². The van der Waals surface area contributed by atoms with E-state index in [1.54, 1.807) is 28.9 Å². The number of hydrogen-bond donors (Lipinski definition) is 1. The Morgan fingerprint density at radius 3 is 2.50 bits per heavy atom.